The van der Waals surface area contributed by atoms with E-state index < -0.39 is 0 Å². The van der Waals surface area contributed by atoms with Gasteiger partial charge in [0.05, 0.1) is 11.6 Å². The minimum absolute atomic E-state index is 0.0404. The van der Waals surface area contributed by atoms with Crippen molar-refractivity contribution in [2.45, 2.75) is 34.1 Å². The lowest BCUT2D eigenvalue weighted by Gasteiger charge is -2.18. The first kappa shape index (κ1) is 14.6. The quantitative estimate of drug-likeness (QED) is 0.910. The molecule has 110 valence electrons. The number of hydrogen-bond acceptors (Lipinski definition) is 4. The van der Waals surface area contributed by atoms with Gasteiger partial charge in [-0.2, -0.15) is 4.98 Å². The number of rotatable bonds is 4. The van der Waals surface area contributed by atoms with E-state index in [1.165, 1.54) is 0 Å². The molecule has 2 amide bonds. The maximum absolute atomic E-state index is 12.1. The minimum Gasteiger partial charge on any atom is -0.428 e. The standard InChI is InChI=1S/C14H21N3O3/c1-8(2)6-17-7-11(5-12(17)18)13(19)16-14-15-9(3)10(4)20-14/h8,11H,5-7H2,1-4H3,(H,15,16,19). The Morgan fingerprint density at radius 2 is 2.20 bits per heavy atom. The number of aryl methyl sites for hydroxylation is 2. The Labute approximate surface area is 118 Å². The summed E-state index contributed by atoms with van der Waals surface area (Å²) in [5.41, 5.74) is 0.754. The van der Waals surface area contributed by atoms with Gasteiger partial charge in [0.25, 0.3) is 0 Å². The van der Waals surface area contributed by atoms with Gasteiger partial charge in [-0.1, -0.05) is 13.8 Å². The van der Waals surface area contributed by atoms with Crippen LogP contribution in [0.4, 0.5) is 6.01 Å². The molecule has 1 aliphatic heterocycles. The lowest BCUT2D eigenvalue weighted by Crippen LogP contribution is -2.31. The number of oxazole rings is 1. The zero-order valence-electron chi connectivity index (χ0n) is 12.4. The first-order valence-electron chi connectivity index (χ1n) is 6.89. The highest BCUT2D eigenvalue weighted by atomic mass is 16.4. The second-order valence-electron chi connectivity index (χ2n) is 5.74. The Kier molecular flexibility index (Phi) is 4.11. The van der Waals surface area contributed by atoms with Gasteiger partial charge in [0.15, 0.2) is 0 Å². The first-order chi connectivity index (χ1) is 9.36. The molecule has 1 aromatic rings. The van der Waals surface area contributed by atoms with Crippen molar-refractivity contribution in [2.75, 3.05) is 18.4 Å². The fraction of sp³-hybridized carbons (Fsp3) is 0.643. The molecule has 0 aliphatic carbocycles. The summed E-state index contributed by atoms with van der Waals surface area (Å²) in [5, 5.41) is 2.64. The lowest BCUT2D eigenvalue weighted by molar-refractivity contribution is -0.128. The number of nitrogens with one attached hydrogen (secondary N) is 1. The number of hydrogen-bond donors (Lipinski definition) is 1. The molecule has 0 bridgehead atoms. The molecule has 0 spiro atoms. The van der Waals surface area contributed by atoms with Crippen molar-refractivity contribution in [2.24, 2.45) is 11.8 Å². The second-order valence-corrected chi connectivity index (χ2v) is 5.74. The summed E-state index contributed by atoms with van der Waals surface area (Å²) >= 11 is 0. The Bertz CT molecular complexity index is 502. The van der Waals surface area contributed by atoms with Crippen molar-refractivity contribution in [3.63, 3.8) is 0 Å². The molecule has 2 rings (SSSR count). The smallest absolute Gasteiger partial charge is 0.301 e. The van der Waals surface area contributed by atoms with Crippen molar-refractivity contribution in [1.82, 2.24) is 9.88 Å². The second kappa shape index (κ2) is 5.64. The summed E-state index contributed by atoms with van der Waals surface area (Å²) in [6.45, 7) is 8.89. The van der Waals surface area contributed by atoms with Crippen molar-refractivity contribution >= 4 is 17.8 Å². The third kappa shape index (κ3) is 3.18. The highest BCUT2D eigenvalue weighted by molar-refractivity contribution is 5.95. The number of amides is 2. The first-order valence-corrected chi connectivity index (χ1v) is 6.89. The number of anilines is 1. The largest absolute Gasteiger partial charge is 0.428 e. The normalized spacial score (nSPS) is 18.9. The molecule has 6 nitrogen and oxygen atoms in total. The maximum atomic E-state index is 12.1. The molecule has 0 saturated carbocycles. The molecular formula is C14H21N3O3. The fourth-order valence-corrected chi connectivity index (χ4v) is 2.30. The van der Waals surface area contributed by atoms with Crippen LogP contribution in [0.3, 0.4) is 0 Å². The maximum Gasteiger partial charge on any atom is 0.301 e. The van der Waals surface area contributed by atoms with Crippen molar-refractivity contribution in [1.29, 1.82) is 0 Å². The van der Waals surface area contributed by atoms with Crippen molar-refractivity contribution < 1.29 is 14.0 Å². The molecule has 1 aliphatic rings. The zero-order chi connectivity index (χ0) is 14.9. The average molecular weight is 279 g/mol. The highest BCUT2D eigenvalue weighted by Crippen LogP contribution is 2.21. The summed E-state index contributed by atoms with van der Waals surface area (Å²) in [6, 6.07) is 0.208. The van der Waals surface area contributed by atoms with Crippen LogP contribution >= 0.6 is 0 Å². The predicted octanol–water partition coefficient (Wildman–Crippen LogP) is 1.73. The molecule has 1 saturated heterocycles. The Balaban J connectivity index is 1.95. The number of nitrogens with zero attached hydrogens (tertiary/aromatic N) is 2. The predicted molar refractivity (Wildman–Crippen MR) is 74.1 cm³/mol. The van der Waals surface area contributed by atoms with Crippen LogP contribution in [0, 0.1) is 25.7 Å². The third-order valence-electron chi connectivity index (χ3n) is 3.43. The van der Waals surface area contributed by atoms with Crippen LogP contribution in [0.15, 0.2) is 4.42 Å². The lowest BCUT2D eigenvalue weighted by atomic mass is 10.1. The molecule has 0 aromatic carbocycles. The van der Waals surface area contributed by atoms with Crippen LogP contribution in [0.5, 0.6) is 0 Å². The van der Waals surface area contributed by atoms with Crippen LogP contribution < -0.4 is 5.32 Å². The van der Waals surface area contributed by atoms with E-state index in [1.54, 1.807) is 11.8 Å². The molecule has 1 atom stereocenters. The van der Waals surface area contributed by atoms with Gasteiger partial charge in [0.2, 0.25) is 11.8 Å². The summed E-state index contributed by atoms with van der Waals surface area (Å²) in [4.78, 5) is 29.8. The summed E-state index contributed by atoms with van der Waals surface area (Å²) in [5.74, 6) is 0.597. The average Bonchev–Trinajstić information content (AvgIpc) is 2.83. The van der Waals surface area contributed by atoms with Crippen molar-refractivity contribution in [3.05, 3.63) is 11.5 Å². The summed E-state index contributed by atoms with van der Waals surface area (Å²) in [7, 11) is 0. The van der Waals surface area contributed by atoms with E-state index in [0.29, 0.717) is 24.8 Å². The van der Waals surface area contributed by atoms with Crippen LogP contribution in [0.25, 0.3) is 0 Å². The van der Waals surface area contributed by atoms with Gasteiger partial charge in [-0.3, -0.25) is 14.9 Å². The van der Waals surface area contributed by atoms with Gasteiger partial charge in [-0.25, -0.2) is 0 Å². The third-order valence-corrected chi connectivity index (χ3v) is 3.43. The van der Waals surface area contributed by atoms with E-state index in [-0.39, 0.29) is 30.2 Å². The van der Waals surface area contributed by atoms with Gasteiger partial charge in [-0.05, 0) is 19.8 Å². The molecular weight excluding hydrogens is 258 g/mol. The number of carbonyl (C=O) groups is 2. The van der Waals surface area contributed by atoms with Gasteiger partial charge in [0, 0.05) is 19.5 Å². The summed E-state index contributed by atoms with van der Waals surface area (Å²) < 4.78 is 5.32. The fourth-order valence-electron chi connectivity index (χ4n) is 2.30. The molecule has 1 unspecified atom stereocenters. The Morgan fingerprint density at radius 1 is 1.50 bits per heavy atom. The number of aromatic nitrogens is 1. The Morgan fingerprint density at radius 3 is 2.75 bits per heavy atom. The highest BCUT2D eigenvalue weighted by Gasteiger charge is 2.34. The topological polar surface area (TPSA) is 75.4 Å². The monoisotopic (exact) mass is 279 g/mol. The van der Waals surface area contributed by atoms with E-state index in [9.17, 15) is 9.59 Å². The number of likely N-dealkylation sites (tertiary alicyclic amines) is 1. The van der Waals surface area contributed by atoms with E-state index in [2.05, 4.69) is 24.1 Å². The van der Waals surface area contributed by atoms with E-state index in [4.69, 9.17) is 4.42 Å². The van der Waals surface area contributed by atoms with Crippen LogP contribution in [0.2, 0.25) is 0 Å². The molecule has 20 heavy (non-hydrogen) atoms. The van der Waals surface area contributed by atoms with E-state index in [1.807, 2.05) is 6.92 Å². The molecule has 1 N–H and O–H groups in total. The van der Waals surface area contributed by atoms with Gasteiger partial charge < -0.3 is 9.32 Å². The molecule has 6 heteroatoms. The molecule has 1 aromatic heterocycles. The Hall–Kier alpha value is -1.85. The van der Waals surface area contributed by atoms with Crippen LogP contribution in [-0.2, 0) is 9.59 Å². The van der Waals surface area contributed by atoms with E-state index in [0.717, 1.165) is 5.69 Å². The summed E-state index contributed by atoms with van der Waals surface area (Å²) in [6.07, 6.45) is 0.261. The minimum atomic E-state index is -0.325. The SMILES string of the molecule is Cc1nc(NC(=O)C2CC(=O)N(CC(C)C)C2)oc1C. The van der Waals surface area contributed by atoms with E-state index >= 15 is 0 Å². The molecule has 1 fully saturated rings. The zero-order valence-corrected chi connectivity index (χ0v) is 12.4. The van der Waals surface area contributed by atoms with Crippen molar-refractivity contribution in [3.8, 4) is 0 Å². The molecule has 0 radical (unpaired) electrons. The van der Waals surface area contributed by atoms with Gasteiger partial charge in [0.1, 0.15) is 5.76 Å². The molecule has 2 heterocycles. The van der Waals surface area contributed by atoms with Gasteiger partial charge >= 0.3 is 6.01 Å². The van der Waals surface area contributed by atoms with Crippen LogP contribution in [-0.4, -0.2) is 34.8 Å². The van der Waals surface area contributed by atoms with Gasteiger partial charge in [-0.15, -0.1) is 0 Å². The van der Waals surface area contributed by atoms with Crippen LogP contribution in [0.1, 0.15) is 31.7 Å². The number of carbonyl (C=O) groups excluding carboxylic acids is 2.